The van der Waals surface area contributed by atoms with Gasteiger partial charge in [-0.05, 0) is 91.1 Å². The Kier molecular flexibility index (Phi) is 6.38. The van der Waals surface area contributed by atoms with Gasteiger partial charge in [-0.2, -0.15) is 0 Å². The SMILES string of the molecule is COc1ccc(-c2cc3c(cc2OC)C(NC(=O)O[C@H]2CN4CCC2CC4)C(C)(C)CC3)cc1F. The predicted molar refractivity (Wildman–Crippen MR) is 132 cm³/mol. The van der Waals surface area contributed by atoms with Crippen LogP contribution in [-0.4, -0.2) is 51.0 Å². The molecule has 3 saturated heterocycles. The largest absolute Gasteiger partial charge is 0.496 e. The summed E-state index contributed by atoms with van der Waals surface area (Å²) in [4.78, 5) is 15.4. The van der Waals surface area contributed by atoms with Gasteiger partial charge in [0.05, 0.1) is 20.3 Å². The molecule has 3 heterocycles. The fourth-order valence-corrected chi connectivity index (χ4v) is 5.98. The van der Waals surface area contributed by atoms with Crippen LogP contribution in [0.5, 0.6) is 11.5 Å². The van der Waals surface area contributed by atoms with Crippen molar-refractivity contribution >= 4 is 6.09 Å². The van der Waals surface area contributed by atoms with E-state index in [1.54, 1.807) is 13.2 Å². The van der Waals surface area contributed by atoms with Gasteiger partial charge in [-0.1, -0.05) is 19.9 Å². The number of alkyl carbamates (subject to hydrolysis) is 1. The first kappa shape index (κ1) is 23.9. The number of rotatable bonds is 5. The van der Waals surface area contributed by atoms with E-state index in [0.29, 0.717) is 11.7 Å². The van der Waals surface area contributed by atoms with Crippen LogP contribution in [0.1, 0.15) is 50.3 Å². The van der Waals surface area contributed by atoms with E-state index in [2.05, 4.69) is 30.1 Å². The van der Waals surface area contributed by atoms with E-state index >= 15 is 0 Å². The molecule has 1 aliphatic carbocycles. The number of carbonyl (C=O) groups is 1. The third kappa shape index (κ3) is 4.58. The van der Waals surface area contributed by atoms with Crippen molar-refractivity contribution in [2.45, 2.75) is 51.7 Å². The maximum atomic E-state index is 14.4. The van der Waals surface area contributed by atoms with E-state index in [9.17, 15) is 9.18 Å². The second kappa shape index (κ2) is 9.34. The summed E-state index contributed by atoms with van der Waals surface area (Å²) in [5.41, 5.74) is 3.55. The molecule has 1 N–H and O–H groups in total. The van der Waals surface area contributed by atoms with Crippen molar-refractivity contribution in [2.24, 2.45) is 11.3 Å². The molecule has 3 aliphatic heterocycles. The lowest BCUT2D eigenvalue weighted by atomic mass is 9.70. The first-order valence-electron chi connectivity index (χ1n) is 12.5. The molecule has 35 heavy (non-hydrogen) atoms. The highest BCUT2D eigenvalue weighted by molar-refractivity contribution is 5.74. The number of halogens is 1. The first-order chi connectivity index (χ1) is 16.8. The number of methoxy groups -OCH3 is 2. The molecule has 1 amide bonds. The van der Waals surface area contributed by atoms with Crippen LogP contribution in [0.25, 0.3) is 11.1 Å². The summed E-state index contributed by atoms with van der Waals surface area (Å²) < 4.78 is 31.2. The van der Waals surface area contributed by atoms with Crippen LogP contribution in [0.4, 0.5) is 9.18 Å². The lowest BCUT2D eigenvalue weighted by Crippen LogP contribution is -2.53. The number of benzene rings is 2. The van der Waals surface area contributed by atoms with Gasteiger partial charge in [0.15, 0.2) is 11.6 Å². The van der Waals surface area contributed by atoms with Gasteiger partial charge in [0.1, 0.15) is 11.9 Å². The lowest BCUT2D eigenvalue weighted by molar-refractivity contribution is -0.0353. The number of ether oxygens (including phenoxy) is 3. The Bertz CT molecular complexity index is 1110. The molecule has 2 aromatic carbocycles. The molecule has 2 bridgehead atoms. The lowest BCUT2D eigenvalue weighted by Gasteiger charge is -2.44. The molecule has 3 fully saturated rings. The van der Waals surface area contributed by atoms with E-state index in [0.717, 1.165) is 67.6 Å². The van der Waals surface area contributed by atoms with Gasteiger partial charge in [0, 0.05) is 12.1 Å². The Morgan fingerprint density at radius 1 is 1.09 bits per heavy atom. The number of amides is 1. The molecule has 2 atom stereocenters. The van der Waals surface area contributed by atoms with E-state index in [-0.39, 0.29) is 29.4 Å². The second-order valence-electron chi connectivity index (χ2n) is 10.7. The van der Waals surface area contributed by atoms with E-state index in [1.165, 1.54) is 13.2 Å². The van der Waals surface area contributed by atoms with Crippen LogP contribution < -0.4 is 14.8 Å². The average Bonchev–Trinajstić information content (AvgIpc) is 2.85. The fraction of sp³-hybridized carbons (Fsp3) is 0.536. The predicted octanol–water partition coefficient (Wildman–Crippen LogP) is 5.34. The molecular weight excluding hydrogens is 447 g/mol. The van der Waals surface area contributed by atoms with Crippen LogP contribution in [0, 0.1) is 17.2 Å². The van der Waals surface area contributed by atoms with Crippen molar-refractivity contribution in [3.63, 3.8) is 0 Å². The molecule has 1 unspecified atom stereocenters. The van der Waals surface area contributed by atoms with Crippen LogP contribution in [0.2, 0.25) is 0 Å². The fourth-order valence-electron chi connectivity index (χ4n) is 5.98. The van der Waals surface area contributed by atoms with Gasteiger partial charge in [-0.3, -0.25) is 4.90 Å². The van der Waals surface area contributed by atoms with E-state index in [4.69, 9.17) is 14.2 Å². The van der Waals surface area contributed by atoms with Gasteiger partial charge < -0.3 is 19.5 Å². The van der Waals surface area contributed by atoms with Crippen LogP contribution in [-0.2, 0) is 11.2 Å². The molecule has 0 saturated carbocycles. The second-order valence-corrected chi connectivity index (χ2v) is 10.7. The zero-order valence-corrected chi connectivity index (χ0v) is 21.0. The molecule has 6 rings (SSSR count). The summed E-state index contributed by atoms with van der Waals surface area (Å²) in [6, 6.07) is 8.78. The maximum absolute atomic E-state index is 14.4. The highest BCUT2D eigenvalue weighted by atomic mass is 19.1. The molecule has 0 radical (unpaired) electrons. The maximum Gasteiger partial charge on any atom is 0.407 e. The number of carbonyl (C=O) groups excluding carboxylic acids is 1. The van der Waals surface area contributed by atoms with Crippen LogP contribution in [0.15, 0.2) is 30.3 Å². The molecule has 0 aromatic heterocycles. The number of hydrogen-bond donors (Lipinski definition) is 1. The number of piperidine rings is 3. The molecule has 188 valence electrons. The van der Waals surface area contributed by atoms with Gasteiger partial charge in [0.2, 0.25) is 0 Å². The molecular formula is C28H35FN2O4. The Balaban J connectivity index is 1.42. The van der Waals surface area contributed by atoms with Crippen LogP contribution in [0.3, 0.4) is 0 Å². The summed E-state index contributed by atoms with van der Waals surface area (Å²) in [5.74, 6) is 0.896. The number of hydrogen-bond acceptors (Lipinski definition) is 5. The zero-order chi connectivity index (χ0) is 24.7. The third-order valence-electron chi connectivity index (χ3n) is 8.17. The minimum Gasteiger partial charge on any atom is -0.496 e. The summed E-state index contributed by atoms with van der Waals surface area (Å²) in [6.07, 6.45) is 3.59. The minimum absolute atomic E-state index is 0.0365. The standard InChI is InChI=1S/C28H35FN2O4/c1-28(2)10-7-19-13-20(18-5-6-23(33-3)22(29)14-18)24(34-4)15-21(19)26(28)30-27(32)35-25-16-31-11-8-17(25)9-12-31/h5-6,13-15,17,25-26H,7-12,16H2,1-4H3,(H,30,32)/t25-,26?/m0/s1. The van der Waals surface area contributed by atoms with Gasteiger partial charge in [0.25, 0.3) is 0 Å². The third-order valence-corrected chi connectivity index (χ3v) is 8.17. The Labute approximate surface area is 206 Å². The van der Waals surface area contributed by atoms with Gasteiger partial charge in [-0.15, -0.1) is 0 Å². The quantitative estimate of drug-likeness (QED) is 0.623. The highest BCUT2D eigenvalue weighted by Crippen LogP contribution is 2.47. The number of aryl methyl sites for hydroxylation is 1. The molecule has 2 aromatic rings. The Hall–Kier alpha value is -2.80. The normalized spacial score (nSPS) is 26.5. The Morgan fingerprint density at radius 3 is 2.46 bits per heavy atom. The molecule has 7 heteroatoms. The van der Waals surface area contributed by atoms with E-state index in [1.807, 2.05) is 12.1 Å². The smallest absolute Gasteiger partial charge is 0.407 e. The van der Waals surface area contributed by atoms with Crippen molar-refractivity contribution in [1.82, 2.24) is 10.2 Å². The van der Waals surface area contributed by atoms with E-state index < -0.39 is 5.82 Å². The van der Waals surface area contributed by atoms with Crippen molar-refractivity contribution in [3.8, 4) is 22.6 Å². The summed E-state index contributed by atoms with van der Waals surface area (Å²) in [6.45, 7) is 7.39. The Morgan fingerprint density at radius 2 is 1.83 bits per heavy atom. The van der Waals surface area contributed by atoms with Crippen molar-refractivity contribution in [1.29, 1.82) is 0 Å². The number of nitrogens with one attached hydrogen (secondary N) is 1. The molecule has 6 nitrogen and oxygen atoms in total. The van der Waals surface area contributed by atoms with Crippen molar-refractivity contribution in [2.75, 3.05) is 33.9 Å². The van der Waals surface area contributed by atoms with Crippen molar-refractivity contribution < 1.29 is 23.4 Å². The summed E-state index contributed by atoms with van der Waals surface area (Å²) in [5, 5.41) is 3.20. The summed E-state index contributed by atoms with van der Waals surface area (Å²) in [7, 11) is 3.07. The monoisotopic (exact) mass is 482 g/mol. The average molecular weight is 483 g/mol. The van der Waals surface area contributed by atoms with Crippen molar-refractivity contribution in [3.05, 3.63) is 47.3 Å². The summed E-state index contributed by atoms with van der Waals surface area (Å²) >= 11 is 0. The molecule has 4 aliphatic rings. The topological polar surface area (TPSA) is 60.0 Å². The highest BCUT2D eigenvalue weighted by Gasteiger charge is 2.40. The van der Waals surface area contributed by atoms with Crippen LogP contribution >= 0.6 is 0 Å². The first-order valence-corrected chi connectivity index (χ1v) is 12.5. The number of fused-ring (bicyclic) bond motifs is 4. The van der Waals surface area contributed by atoms with Gasteiger partial charge >= 0.3 is 6.09 Å². The van der Waals surface area contributed by atoms with Gasteiger partial charge in [-0.25, -0.2) is 9.18 Å². The molecule has 0 spiro atoms. The number of nitrogens with zero attached hydrogens (tertiary/aromatic N) is 1. The minimum atomic E-state index is -0.416. The zero-order valence-electron chi connectivity index (χ0n) is 21.0.